The highest BCUT2D eigenvalue weighted by Crippen LogP contribution is 2.23. The van der Waals surface area contributed by atoms with E-state index in [0.717, 1.165) is 61.2 Å². The molecular weight excluding hydrogens is 456 g/mol. The number of amides is 2. The molecule has 5 rings (SSSR count). The lowest BCUT2D eigenvalue weighted by molar-refractivity contribution is -0.140. The van der Waals surface area contributed by atoms with Crippen molar-refractivity contribution in [3.63, 3.8) is 0 Å². The summed E-state index contributed by atoms with van der Waals surface area (Å²) in [6, 6.07) is 12.8. The van der Waals surface area contributed by atoms with Gasteiger partial charge in [-0.05, 0) is 75.4 Å². The molecule has 2 saturated heterocycles. The predicted molar refractivity (Wildman–Crippen MR) is 140 cm³/mol. The van der Waals surface area contributed by atoms with E-state index in [-0.39, 0.29) is 18.4 Å². The number of benzene rings is 1. The van der Waals surface area contributed by atoms with Crippen molar-refractivity contribution in [1.82, 2.24) is 14.8 Å². The largest absolute Gasteiger partial charge is 0.461 e. The van der Waals surface area contributed by atoms with Crippen molar-refractivity contribution in [2.24, 2.45) is 4.99 Å². The Hall–Kier alpha value is -3.88. The zero-order valence-corrected chi connectivity index (χ0v) is 20.6. The van der Waals surface area contributed by atoms with Crippen molar-refractivity contribution in [3.8, 4) is 0 Å². The number of aromatic nitrogens is 1. The Morgan fingerprint density at radius 3 is 2.72 bits per heavy atom. The van der Waals surface area contributed by atoms with Gasteiger partial charge in [-0.25, -0.2) is 9.98 Å². The number of nitrogens with zero attached hydrogens (tertiary/aromatic N) is 4. The lowest BCUT2D eigenvalue weighted by Crippen LogP contribution is -2.45. The zero-order valence-electron chi connectivity index (χ0n) is 20.6. The number of nitrogens with one attached hydrogen (secondary N) is 2. The Labute approximate surface area is 210 Å². The molecule has 0 radical (unpaired) electrons. The highest BCUT2D eigenvalue weighted by atomic mass is 16.3. The van der Waals surface area contributed by atoms with Crippen LogP contribution in [-0.2, 0) is 9.59 Å². The van der Waals surface area contributed by atoms with Gasteiger partial charge in [0.15, 0.2) is 0 Å². The van der Waals surface area contributed by atoms with Crippen LogP contribution in [0.15, 0.2) is 58.1 Å². The summed E-state index contributed by atoms with van der Waals surface area (Å²) in [4.78, 5) is 38.9. The molecule has 3 aromatic rings. The van der Waals surface area contributed by atoms with E-state index >= 15 is 0 Å². The summed E-state index contributed by atoms with van der Waals surface area (Å²) in [7, 11) is 0. The van der Waals surface area contributed by atoms with Gasteiger partial charge in [-0.3, -0.25) is 9.59 Å². The Morgan fingerprint density at radius 1 is 1.08 bits per heavy atom. The van der Waals surface area contributed by atoms with Crippen LogP contribution in [0.2, 0.25) is 0 Å². The number of furan rings is 1. The van der Waals surface area contributed by atoms with Crippen LogP contribution in [0.5, 0.6) is 0 Å². The molecule has 2 amide bonds. The third-order valence-corrected chi connectivity index (χ3v) is 6.64. The van der Waals surface area contributed by atoms with E-state index in [1.165, 1.54) is 0 Å². The second kappa shape index (κ2) is 10.8. The number of carbonyl (C=O) groups excluding carboxylic acids is 2. The number of hydrogen-bond acceptors (Lipinski definition) is 5. The second-order valence-electron chi connectivity index (χ2n) is 9.41. The van der Waals surface area contributed by atoms with Crippen molar-refractivity contribution in [2.45, 2.75) is 45.1 Å². The van der Waals surface area contributed by atoms with Gasteiger partial charge < -0.3 is 24.9 Å². The number of aliphatic imine (C=N–C) groups is 1. The molecule has 2 aromatic heterocycles. The molecule has 9 nitrogen and oxygen atoms in total. The van der Waals surface area contributed by atoms with E-state index < -0.39 is 6.04 Å². The predicted octanol–water partition coefficient (Wildman–Crippen LogP) is 4.02. The zero-order chi connectivity index (χ0) is 24.9. The minimum atomic E-state index is -0.586. The molecule has 4 heterocycles. The van der Waals surface area contributed by atoms with Gasteiger partial charge in [0.05, 0.1) is 6.54 Å². The van der Waals surface area contributed by atoms with Gasteiger partial charge in [-0.1, -0.05) is 6.07 Å². The number of likely N-dealkylation sites (tertiary alicyclic amines) is 2. The van der Waals surface area contributed by atoms with Crippen molar-refractivity contribution in [3.05, 3.63) is 54.4 Å². The number of aryl methyl sites for hydroxylation is 1. The van der Waals surface area contributed by atoms with E-state index in [1.54, 1.807) is 11.1 Å². The van der Waals surface area contributed by atoms with Crippen molar-refractivity contribution in [1.29, 1.82) is 0 Å². The standard InChI is InChI=1S/C27H32N6O3/c1-19-16-20-17-21(10-11-23(20)36-19)29-27(31-24-9-2-4-12-28-24)30-22-8-3-5-15-33(26(22)35)18-25(34)32-13-6-7-14-32/h2,4,9-12,16-17,22H,3,5-8,13-15,18H2,1H3,(H2,28,29,30,31). The summed E-state index contributed by atoms with van der Waals surface area (Å²) in [6.45, 7) is 4.19. The Kier molecular flexibility index (Phi) is 7.16. The lowest BCUT2D eigenvalue weighted by Gasteiger charge is -2.25. The molecule has 36 heavy (non-hydrogen) atoms. The summed E-state index contributed by atoms with van der Waals surface area (Å²) >= 11 is 0. The Bertz CT molecular complexity index is 1250. The summed E-state index contributed by atoms with van der Waals surface area (Å²) in [5, 5.41) is 7.54. The molecule has 0 spiro atoms. The van der Waals surface area contributed by atoms with Crippen molar-refractivity contribution < 1.29 is 14.0 Å². The van der Waals surface area contributed by atoms with Crippen LogP contribution >= 0.6 is 0 Å². The van der Waals surface area contributed by atoms with E-state index in [9.17, 15) is 9.59 Å². The maximum absolute atomic E-state index is 13.5. The molecule has 9 heteroatoms. The summed E-state index contributed by atoms with van der Waals surface area (Å²) in [5.41, 5.74) is 1.62. The van der Waals surface area contributed by atoms with Crippen LogP contribution < -0.4 is 10.6 Å². The molecule has 0 saturated carbocycles. The molecule has 2 fully saturated rings. The highest BCUT2D eigenvalue weighted by Gasteiger charge is 2.30. The number of carbonyl (C=O) groups is 2. The minimum absolute atomic E-state index is 0.0270. The van der Waals surface area contributed by atoms with E-state index in [4.69, 9.17) is 9.41 Å². The number of guanidine groups is 1. The molecule has 1 unspecified atom stereocenters. The third kappa shape index (κ3) is 5.67. The fourth-order valence-electron chi connectivity index (χ4n) is 4.79. The number of hydrogen-bond donors (Lipinski definition) is 2. The van der Waals surface area contributed by atoms with Crippen LogP contribution in [0.25, 0.3) is 11.0 Å². The van der Waals surface area contributed by atoms with E-state index in [0.29, 0.717) is 24.7 Å². The first-order valence-electron chi connectivity index (χ1n) is 12.6. The molecule has 2 aliphatic rings. The van der Waals surface area contributed by atoms with Gasteiger partial charge in [-0.15, -0.1) is 0 Å². The van der Waals surface area contributed by atoms with Crippen LogP contribution in [0.1, 0.15) is 37.9 Å². The average molecular weight is 489 g/mol. The Morgan fingerprint density at radius 2 is 1.92 bits per heavy atom. The molecule has 188 valence electrons. The first-order valence-corrected chi connectivity index (χ1v) is 12.6. The van der Waals surface area contributed by atoms with Crippen LogP contribution in [0.4, 0.5) is 11.5 Å². The third-order valence-electron chi connectivity index (χ3n) is 6.64. The van der Waals surface area contributed by atoms with Crippen LogP contribution in [0, 0.1) is 6.92 Å². The average Bonchev–Trinajstić information content (AvgIpc) is 3.50. The number of fused-ring (bicyclic) bond motifs is 1. The lowest BCUT2D eigenvalue weighted by atomic mass is 10.1. The normalized spacial score (nSPS) is 19.0. The van der Waals surface area contributed by atoms with E-state index in [1.807, 2.05) is 54.3 Å². The van der Waals surface area contributed by atoms with Gasteiger partial charge in [0.25, 0.3) is 0 Å². The van der Waals surface area contributed by atoms with Gasteiger partial charge in [0, 0.05) is 36.9 Å². The molecule has 1 atom stereocenters. The molecule has 2 aliphatic heterocycles. The summed E-state index contributed by atoms with van der Waals surface area (Å²) in [6.07, 6.45) is 6.12. The first kappa shape index (κ1) is 23.8. The highest BCUT2D eigenvalue weighted by molar-refractivity contribution is 6.05. The van der Waals surface area contributed by atoms with Crippen molar-refractivity contribution in [2.75, 3.05) is 36.8 Å². The molecule has 2 N–H and O–H groups in total. The molecule has 0 bridgehead atoms. The first-order chi connectivity index (χ1) is 17.5. The van der Waals surface area contributed by atoms with Gasteiger partial charge in [0.2, 0.25) is 17.8 Å². The maximum atomic E-state index is 13.5. The second-order valence-corrected chi connectivity index (χ2v) is 9.41. The topological polar surface area (TPSA) is 103 Å². The minimum Gasteiger partial charge on any atom is -0.461 e. The summed E-state index contributed by atoms with van der Waals surface area (Å²) in [5.74, 6) is 1.81. The van der Waals surface area contributed by atoms with Gasteiger partial charge in [0.1, 0.15) is 23.2 Å². The van der Waals surface area contributed by atoms with E-state index in [2.05, 4.69) is 15.6 Å². The quantitative estimate of drug-likeness (QED) is 0.415. The smallest absolute Gasteiger partial charge is 0.247 e. The number of rotatable bonds is 5. The molecule has 0 aliphatic carbocycles. The van der Waals surface area contributed by atoms with Gasteiger partial charge >= 0.3 is 0 Å². The van der Waals surface area contributed by atoms with Crippen LogP contribution in [0.3, 0.4) is 0 Å². The number of pyridine rings is 1. The Balaban J connectivity index is 1.38. The summed E-state index contributed by atoms with van der Waals surface area (Å²) < 4.78 is 5.69. The monoisotopic (exact) mass is 488 g/mol. The SMILES string of the molecule is Cc1cc2cc(NC(=NC3CCCCN(CC(=O)N4CCCC4)C3=O)Nc3ccccn3)ccc2o1. The molecule has 1 aromatic carbocycles. The van der Waals surface area contributed by atoms with Crippen LogP contribution in [-0.4, -0.2) is 64.8 Å². The fraction of sp³-hybridized carbons (Fsp3) is 0.407. The number of anilines is 2. The fourth-order valence-corrected chi connectivity index (χ4v) is 4.79. The van der Waals surface area contributed by atoms with Gasteiger partial charge in [-0.2, -0.15) is 0 Å². The maximum Gasteiger partial charge on any atom is 0.247 e. The molecular formula is C27H32N6O3. The van der Waals surface area contributed by atoms with Crippen molar-refractivity contribution >= 4 is 40.2 Å².